The van der Waals surface area contributed by atoms with Crippen molar-refractivity contribution in [2.24, 2.45) is 12.5 Å². The highest BCUT2D eigenvalue weighted by Gasteiger charge is 2.29. The first-order valence-corrected chi connectivity index (χ1v) is 15.0. The van der Waals surface area contributed by atoms with Crippen LogP contribution in [0.4, 0.5) is 0 Å². The average Bonchev–Trinajstić information content (AvgIpc) is 3.58. The standard InChI is InChI=1S/C37H38N3/c1-21-28-18-23(19-37(3,4)5)14-15-25(28)22(2)34-31(21)36-33-29(38-20-39(36)6)17-16-27-32-26(24-10-7-8-11-24)12-9-13-30(32)40(34)35(27)33/h9,12-18,20,24H,7-8,10-11,19H2,1-6H3/q+1. The Labute approximate surface area is 235 Å². The summed E-state index contributed by atoms with van der Waals surface area (Å²) in [5.41, 5.74) is 12.3. The van der Waals surface area contributed by atoms with Gasteiger partial charge >= 0.3 is 0 Å². The Morgan fingerprint density at radius 1 is 0.850 bits per heavy atom. The second-order valence-electron chi connectivity index (χ2n) is 13.7. The maximum atomic E-state index is 4.93. The molecular weight excluding hydrogens is 486 g/mol. The van der Waals surface area contributed by atoms with Gasteiger partial charge in [0.1, 0.15) is 5.52 Å². The van der Waals surface area contributed by atoms with Gasteiger partial charge in [0.2, 0.25) is 0 Å². The Morgan fingerprint density at radius 3 is 2.40 bits per heavy atom. The van der Waals surface area contributed by atoms with Crippen LogP contribution >= 0.6 is 0 Å². The van der Waals surface area contributed by atoms with Crippen LogP contribution in [0.2, 0.25) is 0 Å². The summed E-state index contributed by atoms with van der Waals surface area (Å²) < 4.78 is 4.87. The number of hydrogen-bond acceptors (Lipinski definition) is 1. The molecule has 1 fully saturated rings. The predicted octanol–water partition coefficient (Wildman–Crippen LogP) is 9.23. The molecule has 3 nitrogen and oxygen atoms in total. The molecule has 7 aromatic rings. The molecule has 8 rings (SSSR count). The Kier molecular flexibility index (Phi) is 4.92. The van der Waals surface area contributed by atoms with Crippen molar-refractivity contribution in [2.75, 3.05) is 0 Å². The highest BCUT2D eigenvalue weighted by atomic mass is 15.0. The molecule has 0 bridgehead atoms. The zero-order valence-corrected chi connectivity index (χ0v) is 24.7. The lowest BCUT2D eigenvalue weighted by molar-refractivity contribution is -0.646. The Hall–Kier alpha value is -3.72. The minimum Gasteiger partial charge on any atom is -0.307 e. The molecule has 40 heavy (non-hydrogen) atoms. The summed E-state index contributed by atoms with van der Waals surface area (Å²) in [5, 5.41) is 8.22. The summed E-state index contributed by atoms with van der Waals surface area (Å²) in [6.45, 7) is 11.7. The molecule has 3 aromatic heterocycles. The van der Waals surface area contributed by atoms with Gasteiger partial charge in [-0.2, -0.15) is 0 Å². The maximum absolute atomic E-state index is 4.93. The molecule has 3 heteroatoms. The number of fused-ring (bicyclic) bond motifs is 7. The number of aromatic nitrogens is 3. The molecule has 0 saturated heterocycles. The van der Waals surface area contributed by atoms with Crippen molar-refractivity contribution in [3.8, 4) is 0 Å². The van der Waals surface area contributed by atoms with Crippen molar-refractivity contribution >= 4 is 59.9 Å². The van der Waals surface area contributed by atoms with E-state index in [-0.39, 0.29) is 5.41 Å². The van der Waals surface area contributed by atoms with Crippen LogP contribution in [0.25, 0.3) is 59.9 Å². The van der Waals surface area contributed by atoms with Gasteiger partial charge in [-0.15, -0.1) is 0 Å². The van der Waals surface area contributed by atoms with Crippen molar-refractivity contribution in [1.29, 1.82) is 0 Å². The molecule has 0 unspecified atom stereocenters. The van der Waals surface area contributed by atoms with Gasteiger partial charge in [0.25, 0.3) is 6.33 Å². The van der Waals surface area contributed by atoms with Crippen molar-refractivity contribution in [3.05, 3.63) is 77.1 Å². The van der Waals surface area contributed by atoms with Gasteiger partial charge in [0.05, 0.1) is 34.4 Å². The molecule has 1 aliphatic rings. The van der Waals surface area contributed by atoms with Gasteiger partial charge in [-0.05, 0) is 101 Å². The van der Waals surface area contributed by atoms with E-state index in [1.165, 1.54) is 96.8 Å². The third-order valence-corrected chi connectivity index (χ3v) is 9.77. The van der Waals surface area contributed by atoms with Gasteiger partial charge < -0.3 is 4.40 Å². The van der Waals surface area contributed by atoms with Gasteiger partial charge in [0, 0.05) is 10.8 Å². The van der Waals surface area contributed by atoms with E-state index in [2.05, 4.69) is 99.2 Å². The first kappa shape index (κ1) is 24.1. The molecule has 0 spiro atoms. The zero-order chi connectivity index (χ0) is 27.5. The molecule has 0 atom stereocenters. The second kappa shape index (κ2) is 8.16. The molecule has 200 valence electrons. The predicted molar refractivity (Wildman–Crippen MR) is 169 cm³/mol. The molecule has 0 radical (unpaired) electrons. The molecule has 0 aliphatic heterocycles. The van der Waals surface area contributed by atoms with Crippen molar-refractivity contribution in [3.63, 3.8) is 0 Å². The van der Waals surface area contributed by atoms with E-state index in [1.807, 2.05) is 6.33 Å². The molecule has 0 N–H and O–H groups in total. The smallest absolute Gasteiger partial charge is 0.287 e. The number of rotatable bonds is 2. The molecule has 0 amide bonds. The number of nitrogens with zero attached hydrogens (tertiary/aromatic N) is 3. The zero-order valence-electron chi connectivity index (χ0n) is 24.7. The molecule has 1 saturated carbocycles. The monoisotopic (exact) mass is 524 g/mol. The quantitative estimate of drug-likeness (QED) is 0.125. The van der Waals surface area contributed by atoms with Crippen molar-refractivity contribution in [1.82, 2.24) is 9.38 Å². The lowest BCUT2D eigenvalue weighted by Crippen LogP contribution is -2.30. The van der Waals surface area contributed by atoms with Gasteiger partial charge in [-0.3, -0.25) is 0 Å². The largest absolute Gasteiger partial charge is 0.307 e. The fourth-order valence-corrected chi connectivity index (χ4v) is 8.15. The molecule has 4 aromatic carbocycles. The van der Waals surface area contributed by atoms with E-state index in [0.29, 0.717) is 5.92 Å². The first-order chi connectivity index (χ1) is 19.2. The van der Waals surface area contributed by atoms with Gasteiger partial charge in [0.15, 0.2) is 5.52 Å². The topological polar surface area (TPSA) is 21.2 Å². The SMILES string of the molecule is Cc1c2cc(CC(C)(C)C)ccc2c(C)c2c1c1c3c(ccc4c5c(C6CCCC6)cccc5n2c43)nc[n+]1C. The van der Waals surface area contributed by atoms with Crippen LogP contribution in [0.15, 0.2) is 54.9 Å². The van der Waals surface area contributed by atoms with Gasteiger partial charge in [-0.25, -0.2) is 4.57 Å². The molecular formula is C37H38N3+. The first-order valence-electron chi connectivity index (χ1n) is 15.0. The number of hydrogen-bond donors (Lipinski definition) is 0. The van der Waals surface area contributed by atoms with Crippen molar-refractivity contribution < 1.29 is 4.57 Å². The fraction of sp³-hybridized carbons (Fsp3) is 0.351. The van der Waals surface area contributed by atoms with E-state index in [9.17, 15) is 0 Å². The van der Waals surface area contributed by atoms with Crippen LogP contribution in [0, 0.1) is 19.3 Å². The number of benzene rings is 4. The average molecular weight is 525 g/mol. The fourth-order valence-electron chi connectivity index (χ4n) is 8.15. The third-order valence-electron chi connectivity index (χ3n) is 9.77. The van der Waals surface area contributed by atoms with Gasteiger partial charge in [-0.1, -0.05) is 63.9 Å². The summed E-state index contributed by atoms with van der Waals surface area (Å²) in [5.74, 6) is 0.656. The lowest BCUT2D eigenvalue weighted by atomic mass is 9.86. The Bertz CT molecular complexity index is 2150. The normalized spacial score (nSPS) is 15.3. The van der Waals surface area contributed by atoms with Crippen LogP contribution in [0.1, 0.15) is 74.6 Å². The summed E-state index contributed by atoms with van der Waals surface area (Å²) in [6.07, 6.45) is 8.37. The highest BCUT2D eigenvalue weighted by molar-refractivity contribution is 6.28. The van der Waals surface area contributed by atoms with E-state index in [4.69, 9.17) is 4.98 Å². The van der Waals surface area contributed by atoms with E-state index in [1.54, 1.807) is 5.56 Å². The molecule has 3 heterocycles. The summed E-state index contributed by atoms with van der Waals surface area (Å²) in [4.78, 5) is 4.93. The van der Waals surface area contributed by atoms with Crippen LogP contribution in [-0.4, -0.2) is 9.38 Å². The Balaban J connectivity index is 1.64. The lowest BCUT2D eigenvalue weighted by Gasteiger charge is -2.20. The number of aryl methyl sites for hydroxylation is 3. The van der Waals surface area contributed by atoms with E-state index < -0.39 is 0 Å². The summed E-state index contributed by atoms with van der Waals surface area (Å²) in [7, 11) is 2.17. The second-order valence-corrected chi connectivity index (χ2v) is 13.7. The minimum atomic E-state index is 0.250. The molecule has 1 aliphatic carbocycles. The van der Waals surface area contributed by atoms with Crippen LogP contribution < -0.4 is 4.57 Å². The summed E-state index contributed by atoms with van der Waals surface area (Å²) in [6, 6.07) is 18.9. The van der Waals surface area contributed by atoms with Crippen LogP contribution in [0.5, 0.6) is 0 Å². The highest BCUT2D eigenvalue weighted by Crippen LogP contribution is 2.46. The van der Waals surface area contributed by atoms with E-state index >= 15 is 0 Å². The minimum absolute atomic E-state index is 0.250. The number of pyridine rings is 1. The Morgan fingerprint density at radius 2 is 1.62 bits per heavy atom. The summed E-state index contributed by atoms with van der Waals surface area (Å²) >= 11 is 0. The van der Waals surface area contributed by atoms with Crippen LogP contribution in [0.3, 0.4) is 0 Å². The third kappa shape index (κ3) is 3.18. The van der Waals surface area contributed by atoms with E-state index in [0.717, 1.165) is 11.9 Å². The van der Waals surface area contributed by atoms with Crippen LogP contribution in [-0.2, 0) is 13.5 Å². The maximum Gasteiger partial charge on any atom is 0.287 e. The van der Waals surface area contributed by atoms with Crippen molar-refractivity contribution in [2.45, 2.75) is 72.6 Å².